The van der Waals surface area contributed by atoms with Crippen LogP contribution >= 0.6 is 0 Å². The fourth-order valence-corrected chi connectivity index (χ4v) is 4.78. The monoisotopic (exact) mass is 381 g/mol. The molecule has 26 heavy (non-hydrogen) atoms. The summed E-state index contributed by atoms with van der Waals surface area (Å²) in [6.07, 6.45) is 0.389. The van der Waals surface area contributed by atoms with Gasteiger partial charge in [-0.2, -0.15) is 4.98 Å². The molecule has 1 fully saturated rings. The van der Waals surface area contributed by atoms with Gasteiger partial charge in [-0.3, -0.25) is 9.36 Å². The Kier molecular flexibility index (Phi) is 4.50. The first-order valence-electron chi connectivity index (χ1n) is 8.74. The molecule has 9 nitrogen and oxygen atoms in total. The molecular weight excluding hydrogens is 354 g/mol. The summed E-state index contributed by atoms with van der Waals surface area (Å²) in [7, 11) is -1.53. The number of fused-ring (bicyclic) bond motifs is 1. The molecule has 0 aromatic carbocycles. The third-order valence-corrected chi connectivity index (χ3v) is 6.82. The zero-order chi connectivity index (χ0) is 19.4. The van der Waals surface area contributed by atoms with Gasteiger partial charge in [0.2, 0.25) is 0 Å². The van der Waals surface area contributed by atoms with Crippen molar-refractivity contribution < 1.29 is 14.9 Å². The van der Waals surface area contributed by atoms with E-state index in [1.807, 2.05) is 33.9 Å². The maximum atomic E-state index is 12.7. The Morgan fingerprint density at radius 2 is 2.12 bits per heavy atom. The number of imidazole rings is 1. The maximum Gasteiger partial charge on any atom is 0.274 e. The minimum atomic E-state index is -1.53. The lowest BCUT2D eigenvalue weighted by Crippen LogP contribution is -2.50. The molecule has 1 saturated heterocycles. The van der Waals surface area contributed by atoms with Crippen molar-refractivity contribution >= 4 is 26.1 Å². The van der Waals surface area contributed by atoms with Crippen LogP contribution in [0.15, 0.2) is 11.1 Å². The van der Waals surface area contributed by atoms with Gasteiger partial charge in [-0.15, -0.1) is 0 Å². The minimum absolute atomic E-state index is 0.161. The van der Waals surface area contributed by atoms with Gasteiger partial charge in [0.05, 0.1) is 12.9 Å². The number of ether oxygens (including phenoxy) is 1. The van der Waals surface area contributed by atoms with Crippen LogP contribution < -0.4 is 11.3 Å². The van der Waals surface area contributed by atoms with E-state index in [1.54, 1.807) is 4.57 Å². The molecule has 3 heterocycles. The summed E-state index contributed by atoms with van der Waals surface area (Å²) in [6, 6.07) is 0. The molecule has 0 unspecified atom stereocenters. The van der Waals surface area contributed by atoms with Crippen LogP contribution in [0.1, 0.15) is 33.4 Å². The molecule has 3 rings (SSSR count). The second kappa shape index (κ2) is 6.15. The van der Waals surface area contributed by atoms with Crippen molar-refractivity contribution in [3.05, 3.63) is 16.7 Å². The molecule has 3 atom stereocenters. The summed E-state index contributed by atoms with van der Waals surface area (Å²) in [4.78, 5) is 21.3. The Labute approximate surface area is 153 Å². The van der Waals surface area contributed by atoms with Crippen LogP contribution in [0.5, 0.6) is 0 Å². The molecule has 1 aliphatic heterocycles. The summed E-state index contributed by atoms with van der Waals surface area (Å²) >= 11 is 0. The van der Waals surface area contributed by atoms with Gasteiger partial charge >= 0.3 is 0 Å². The largest absolute Gasteiger partial charge is 0.394 e. The van der Waals surface area contributed by atoms with E-state index in [0.29, 0.717) is 5.65 Å². The molecule has 0 bridgehead atoms. The summed E-state index contributed by atoms with van der Waals surface area (Å²) in [5.74, 6) is 0.161. The van der Waals surface area contributed by atoms with Crippen LogP contribution in [-0.4, -0.2) is 56.3 Å². The Balaban J connectivity index is 2.09. The third-order valence-electron chi connectivity index (χ3n) is 5.29. The molecule has 0 aliphatic carbocycles. The number of aliphatic hydroxyl groups is 2. The van der Waals surface area contributed by atoms with Crippen LogP contribution in [0.3, 0.4) is 0 Å². The highest BCUT2D eigenvalue weighted by Gasteiger charge is 2.54. The van der Waals surface area contributed by atoms with Crippen LogP contribution in [0.2, 0.25) is 13.1 Å². The predicted molar refractivity (Wildman–Crippen MR) is 100 cm³/mol. The lowest BCUT2D eigenvalue weighted by molar-refractivity contribution is -0.128. The van der Waals surface area contributed by atoms with Crippen LogP contribution in [0, 0.1) is 5.41 Å². The number of nitrogens with two attached hydrogens (primary N) is 1. The SMILES string of the molecule is C[SiH](C)n1c(N)nc2c(ncn2[C@H]2C[C@@](O)(C(C)(C)C)[C@@H](CO)O2)c1=O. The minimum Gasteiger partial charge on any atom is -0.394 e. The van der Waals surface area contributed by atoms with E-state index in [2.05, 4.69) is 9.97 Å². The second-order valence-corrected chi connectivity index (χ2v) is 10.9. The lowest BCUT2D eigenvalue weighted by atomic mass is 9.72. The first-order valence-corrected chi connectivity index (χ1v) is 11.6. The fourth-order valence-electron chi connectivity index (χ4n) is 3.60. The van der Waals surface area contributed by atoms with Crippen molar-refractivity contribution in [1.29, 1.82) is 0 Å². The van der Waals surface area contributed by atoms with Crippen molar-refractivity contribution in [3.8, 4) is 0 Å². The standard InChI is InChI=1S/C16H27N5O4Si/c1-15(2,3)16(24)6-10(25-9(16)7-22)20-8-18-11-12(20)19-14(17)21(13(11)23)26(4)5/h8-10,22,24,26H,6-7H2,1-5H3,(H2,17,19)/t9-,10-,16+/m1/s1. The maximum absolute atomic E-state index is 12.7. The van der Waals surface area contributed by atoms with Crippen LogP contribution in [0.4, 0.5) is 5.95 Å². The Morgan fingerprint density at radius 3 is 2.62 bits per heavy atom. The number of anilines is 1. The van der Waals surface area contributed by atoms with E-state index in [0.717, 1.165) is 0 Å². The summed E-state index contributed by atoms with van der Waals surface area (Å²) < 4.78 is 9.05. The zero-order valence-electron chi connectivity index (χ0n) is 15.8. The summed E-state index contributed by atoms with van der Waals surface area (Å²) in [5.41, 5.74) is 4.58. The van der Waals surface area contributed by atoms with Gasteiger partial charge in [-0.1, -0.05) is 33.9 Å². The van der Waals surface area contributed by atoms with Gasteiger partial charge in [-0.25, -0.2) is 4.98 Å². The number of aromatic nitrogens is 4. The van der Waals surface area contributed by atoms with E-state index < -0.39 is 32.3 Å². The molecule has 144 valence electrons. The van der Waals surface area contributed by atoms with Crippen LogP contribution in [0.25, 0.3) is 11.2 Å². The van der Waals surface area contributed by atoms with Gasteiger partial charge < -0.3 is 24.9 Å². The first-order chi connectivity index (χ1) is 12.0. The first kappa shape index (κ1) is 19.0. The van der Waals surface area contributed by atoms with Crippen molar-refractivity contribution in [1.82, 2.24) is 18.8 Å². The number of rotatable bonds is 3. The number of hydrogen-bond donors (Lipinski definition) is 3. The molecule has 0 radical (unpaired) electrons. The van der Waals surface area contributed by atoms with Crippen LogP contribution in [-0.2, 0) is 4.74 Å². The molecule has 0 spiro atoms. The highest BCUT2D eigenvalue weighted by Crippen LogP contribution is 2.47. The van der Waals surface area contributed by atoms with Crippen molar-refractivity contribution in [2.75, 3.05) is 12.3 Å². The van der Waals surface area contributed by atoms with Gasteiger partial charge in [-0.05, 0) is 5.41 Å². The van der Waals surface area contributed by atoms with E-state index >= 15 is 0 Å². The lowest BCUT2D eigenvalue weighted by Gasteiger charge is -2.39. The number of nitrogens with zero attached hydrogens (tertiary/aromatic N) is 4. The van der Waals surface area contributed by atoms with Gasteiger partial charge in [0.15, 0.2) is 17.1 Å². The third kappa shape index (κ3) is 2.68. The number of nitrogen functional groups attached to an aromatic ring is 1. The number of aliphatic hydroxyl groups excluding tert-OH is 1. The Bertz CT molecular complexity index is 887. The van der Waals surface area contributed by atoms with Gasteiger partial charge in [0, 0.05) is 6.42 Å². The molecule has 0 amide bonds. The van der Waals surface area contributed by atoms with E-state index in [4.69, 9.17) is 10.5 Å². The smallest absolute Gasteiger partial charge is 0.274 e. The zero-order valence-corrected chi connectivity index (χ0v) is 17.0. The highest BCUT2D eigenvalue weighted by molar-refractivity contribution is 6.54. The molecule has 10 heteroatoms. The Morgan fingerprint density at radius 1 is 1.46 bits per heavy atom. The van der Waals surface area contributed by atoms with Crippen molar-refractivity contribution in [3.63, 3.8) is 0 Å². The van der Waals surface area contributed by atoms with Gasteiger partial charge in [0.25, 0.3) is 5.56 Å². The summed E-state index contributed by atoms with van der Waals surface area (Å²) in [5, 5.41) is 20.8. The molecule has 1 aliphatic rings. The quantitative estimate of drug-likeness (QED) is 0.641. The van der Waals surface area contributed by atoms with Crippen molar-refractivity contribution in [2.24, 2.45) is 5.41 Å². The van der Waals surface area contributed by atoms with E-state index in [1.165, 1.54) is 10.6 Å². The Hall–Kier alpha value is -1.75. The topological polar surface area (TPSA) is 128 Å². The molecule has 2 aromatic rings. The molecule has 0 saturated carbocycles. The predicted octanol–water partition coefficient (Wildman–Crippen LogP) is 0.0637. The molecule has 2 aromatic heterocycles. The number of hydrogen-bond acceptors (Lipinski definition) is 7. The normalized spacial score (nSPS) is 26.9. The molecular formula is C16H27N5O4Si. The van der Waals surface area contributed by atoms with Crippen molar-refractivity contribution in [2.45, 2.75) is 58.2 Å². The average molecular weight is 382 g/mol. The summed E-state index contributed by atoms with van der Waals surface area (Å²) in [6.45, 7) is 9.36. The van der Waals surface area contributed by atoms with E-state index in [9.17, 15) is 15.0 Å². The fraction of sp³-hybridized carbons (Fsp3) is 0.688. The molecule has 4 N–H and O–H groups in total. The van der Waals surface area contributed by atoms with E-state index in [-0.39, 0.29) is 30.1 Å². The highest BCUT2D eigenvalue weighted by atomic mass is 28.3. The van der Waals surface area contributed by atoms with Gasteiger partial charge in [0.1, 0.15) is 26.9 Å². The second-order valence-electron chi connectivity index (χ2n) is 8.20. The average Bonchev–Trinajstić information content (AvgIpc) is 3.07.